The van der Waals surface area contributed by atoms with Crippen molar-refractivity contribution in [3.05, 3.63) is 89.0 Å². The van der Waals surface area contributed by atoms with E-state index in [9.17, 15) is 9.59 Å². The van der Waals surface area contributed by atoms with Gasteiger partial charge in [0.2, 0.25) is 11.8 Å². The van der Waals surface area contributed by atoms with E-state index in [-0.39, 0.29) is 18.4 Å². The topological polar surface area (TPSA) is 70.7 Å². The summed E-state index contributed by atoms with van der Waals surface area (Å²) in [6.07, 6.45) is 0. The lowest BCUT2D eigenvalue weighted by Crippen LogP contribution is -2.39. The van der Waals surface area contributed by atoms with E-state index in [2.05, 4.69) is 10.6 Å². The highest BCUT2D eigenvalue weighted by Gasteiger charge is 2.27. The number of hydrogen-bond acceptors (Lipinski definition) is 4. The van der Waals surface area contributed by atoms with Crippen LogP contribution in [0, 0.1) is 20.8 Å². The van der Waals surface area contributed by atoms with Gasteiger partial charge in [-0.05, 0) is 56.6 Å². The molecule has 6 nitrogen and oxygen atoms in total. The molecule has 0 saturated carbocycles. The number of nitrogens with one attached hydrogen (secondary N) is 2. The number of anilines is 2. The van der Waals surface area contributed by atoms with Crippen molar-refractivity contribution < 1.29 is 14.3 Å². The van der Waals surface area contributed by atoms with Gasteiger partial charge in [0.15, 0.2) is 0 Å². The first-order valence-corrected chi connectivity index (χ1v) is 10.9. The summed E-state index contributed by atoms with van der Waals surface area (Å²) in [7, 11) is 3.36. The minimum Gasteiger partial charge on any atom is -0.497 e. The van der Waals surface area contributed by atoms with Gasteiger partial charge >= 0.3 is 0 Å². The molecule has 0 saturated heterocycles. The van der Waals surface area contributed by atoms with Crippen LogP contribution in [0.15, 0.2) is 66.7 Å². The number of benzene rings is 3. The summed E-state index contributed by atoms with van der Waals surface area (Å²) < 4.78 is 5.25. The van der Waals surface area contributed by atoms with Crippen molar-refractivity contribution in [3.8, 4) is 5.75 Å². The molecule has 0 radical (unpaired) electrons. The van der Waals surface area contributed by atoms with Gasteiger partial charge in [-0.2, -0.15) is 0 Å². The van der Waals surface area contributed by atoms with Gasteiger partial charge in [0, 0.05) is 17.4 Å². The number of methoxy groups -OCH3 is 1. The molecule has 33 heavy (non-hydrogen) atoms. The van der Waals surface area contributed by atoms with Crippen molar-refractivity contribution in [2.24, 2.45) is 0 Å². The van der Waals surface area contributed by atoms with E-state index in [1.54, 1.807) is 31.2 Å². The monoisotopic (exact) mass is 445 g/mol. The maximum Gasteiger partial charge on any atom is 0.246 e. The van der Waals surface area contributed by atoms with Crippen LogP contribution in [0.25, 0.3) is 0 Å². The van der Waals surface area contributed by atoms with Crippen LogP contribution < -0.4 is 15.4 Å². The molecule has 6 heteroatoms. The number of likely N-dealkylation sites (N-methyl/N-ethyl adjacent to an activating group) is 1. The highest BCUT2D eigenvalue weighted by atomic mass is 16.5. The molecule has 0 bridgehead atoms. The molecule has 0 fully saturated rings. The maximum atomic E-state index is 13.3. The van der Waals surface area contributed by atoms with Gasteiger partial charge in [-0.25, -0.2) is 0 Å². The van der Waals surface area contributed by atoms with E-state index in [4.69, 9.17) is 4.74 Å². The molecule has 3 aromatic carbocycles. The quantitative estimate of drug-likeness (QED) is 0.519. The molecule has 0 heterocycles. The van der Waals surface area contributed by atoms with Crippen LogP contribution >= 0.6 is 0 Å². The second-order valence-corrected chi connectivity index (χ2v) is 8.27. The number of carbonyl (C=O) groups excluding carboxylic acids is 2. The van der Waals surface area contributed by atoms with Crippen LogP contribution in [-0.4, -0.2) is 37.4 Å². The van der Waals surface area contributed by atoms with Gasteiger partial charge in [-0.3, -0.25) is 14.5 Å². The molecule has 0 aromatic heterocycles. The fourth-order valence-corrected chi connectivity index (χ4v) is 4.03. The lowest BCUT2D eigenvalue weighted by molar-refractivity contribution is -0.123. The van der Waals surface area contributed by atoms with Gasteiger partial charge in [-0.1, -0.05) is 54.1 Å². The fraction of sp³-hybridized carbons (Fsp3) is 0.259. The summed E-state index contributed by atoms with van der Waals surface area (Å²) >= 11 is 0. The Balaban J connectivity index is 1.79. The zero-order chi connectivity index (χ0) is 24.0. The van der Waals surface area contributed by atoms with Crippen LogP contribution in [-0.2, 0) is 9.59 Å². The normalized spacial score (nSPS) is 11.7. The third-order valence-electron chi connectivity index (χ3n) is 5.48. The van der Waals surface area contributed by atoms with Crippen molar-refractivity contribution in [3.63, 3.8) is 0 Å². The first kappa shape index (κ1) is 24.0. The number of amides is 2. The molecule has 0 aliphatic rings. The first-order valence-electron chi connectivity index (χ1n) is 10.9. The Morgan fingerprint density at radius 2 is 1.58 bits per heavy atom. The number of hydrogen-bond donors (Lipinski definition) is 2. The second kappa shape index (κ2) is 10.8. The van der Waals surface area contributed by atoms with E-state index in [1.165, 1.54) is 0 Å². The molecule has 1 atom stereocenters. The van der Waals surface area contributed by atoms with Gasteiger partial charge in [-0.15, -0.1) is 0 Å². The third kappa shape index (κ3) is 6.20. The molecule has 3 rings (SSSR count). The molecule has 0 spiro atoms. The summed E-state index contributed by atoms with van der Waals surface area (Å²) in [6, 6.07) is 20.1. The maximum absolute atomic E-state index is 13.3. The minimum atomic E-state index is -0.650. The summed E-state index contributed by atoms with van der Waals surface area (Å²) in [5, 5.41) is 5.97. The summed E-state index contributed by atoms with van der Waals surface area (Å²) in [5.41, 5.74) is 5.42. The van der Waals surface area contributed by atoms with E-state index >= 15 is 0 Å². The molecule has 3 aromatic rings. The predicted octanol–water partition coefficient (Wildman–Crippen LogP) is 4.87. The Morgan fingerprint density at radius 1 is 0.909 bits per heavy atom. The molecule has 172 valence electrons. The Labute approximate surface area is 195 Å². The standard InChI is InChI=1S/C27H31N3O3/c1-18-14-19(2)25(20(3)15-18)29-24(31)17-30(4)26(21-10-7-6-8-11-21)27(32)28-22-12-9-13-23(16-22)33-5/h6-16,26H,17H2,1-5H3,(H,28,32)(H,29,31). The molecular weight excluding hydrogens is 414 g/mol. The van der Waals surface area contributed by atoms with E-state index in [0.29, 0.717) is 11.4 Å². The third-order valence-corrected chi connectivity index (χ3v) is 5.48. The number of rotatable bonds is 8. The summed E-state index contributed by atoms with van der Waals surface area (Å²) in [5.74, 6) is 0.246. The largest absolute Gasteiger partial charge is 0.497 e. The average Bonchev–Trinajstić information content (AvgIpc) is 2.77. The fourth-order valence-electron chi connectivity index (χ4n) is 4.03. The van der Waals surface area contributed by atoms with Crippen LogP contribution in [0.4, 0.5) is 11.4 Å². The van der Waals surface area contributed by atoms with E-state index < -0.39 is 6.04 Å². The molecule has 2 amide bonds. The minimum absolute atomic E-state index is 0.0534. The van der Waals surface area contributed by atoms with Gasteiger partial charge in [0.25, 0.3) is 0 Å². The SMILES string of the molecule is COc1cccc(NC(=O)C(c2ccccc2)N(C)CC(=O)Nc2c(C)cc(C)cc2C)c1. The van der Waals surface area contributed by atoms with Crippen LogP contribution in [0.3, 0.4) is 0 Å². The van der Waals surface area contributed by atoms with Gasteiger partial charge < -0.3 is 15.4 Å². The van der Waals surface area contributed by atoms with Gasteiger partial charge in [0.05, 0.1) is 13.7 Å². The molecule has 1 unspecified atom stereocenters. The lowest BCUT2D eigenvalue weighted by atomic mass is 10.0. The number of nitrogens with zero attached hydrogens (tertiary/aromatic N) is 1. The van der Waals surface area contributed by atoms with E-state index in [0.717, 1.165) is 27.9 Å². The Morgan fingerprint density at radius 3 is 2.21 bits per heavy atom. The molecule has 2 N–H and O–H groups in total. The van der Waals surface area contributed by atoms with Crippen LogP contribution in [0.1, 0.15) is 28.3 Å². The number of aryl methyl sites for hydroxylation is 3. The summed E-state index contributed by atoms with van der Waals surface area (Å²) in [6.45, 7) is 6.05. The van der Waals surface area contributed by atoms with Crippen molar-refractivity contribution in [1.29, 1.82) is 0 Å². The Bertz CT molecular complexity index is 1110. The smallest absolute Gasteiger partial charge is 0.246 e. The van der Waals surface area contributed by atoms with Crippen molar-refractivity contribution in [2.45, 2.75) is 26.8 Å². The van der Waals surface area contributed by atoms with Crippen molar-refractivity contribution in [2.75, 3.05) is 31.3 Å². The lowest BCUT2D eigenvalue weighted by Gasteiger charge is -2.27. The second-order valence-electron chi connectivity index (χ2n) is 8.27. The highest BCUT2D eigenvalue weighted by Crippen LogP contribution is 2.25. The number of carbonyl (C=O) groups is 2. The molecule has 0 aliphatic carbocycles. The van der Waals surface area contributed by atoms with Gasteiger partial charge in [0.1, 0.15) is 11.8 Å². The molecule has 0 aliphatic heterocycles. The highest BCUT2D eigenvalue weighted by molar-refractivity contribution is 5.97. The zero-order valence-electron chi connectivity index (χ0n) is 19.8. The Hall–Kier alpha value is -3.64. The summed E-state index contributed by atoms with van der Waals surface area (Å²) in [4.78, 5) is 28.0. The van der Waals surface area contributed by atoms with Crippen LogP contribution in [0.2, 0.25) is 0 Å². The van der Waals surface area contributed by atoms with Crippen molar-refractivity contribution in [1.82, 2.24) is 4.90 Å². The van der Waals surface area contributed by atoms with E-state index in [1.807, 2.05) is 75.4 Å². The Kier molecular flexibility index (Phi) is 7.85. The molecular formula is C27H31N3O3. The van der Waals surface area contributed by atoms with Crippen molar-refractivity contribution >= 4 is 23.2 Å². The average molecular weight is 446 g/mol. The van der Waals surface area contributed by atoms with Crippen LogP contribution in [0.5, 0.6) is 5.75 Å². The number of ether oxygens (including phenoxy) is 1. The zero-order valence-corrected chi connectivity index (χ0v) is 19.8. The predicted molar refractivity (Wildman–Crippen MR) is 133 cm³/mol. The first-order chi connectivity index (χ1) is 15.8.